The lowest BCUT2D eigenvalue weighted by molar-refractivity contribution is 1.73. The van der Waals surface area contributed by atoms with Crippen LogP contribution in [0.2, 0.25) is 0 Å². The molecule has 0 aromatic rings. The molecule has 0 amide bonds. The molecule has 3 heteroatoms. The fraction of sp³-hybridized carbons (Fsp3) is 0.200. The van der Waals surface area contributed by atoms with E-state index in [1.165, 1.54) is 5.54 Å². The summed E-state index contributed by atoms with van der Waals surface area (Å²) in [5.74, 6) is 0.459. The number of hydrogen-bond donors (Lipinski definition) is 0. The molecule has 0 atom stereocenters. The van der Waals surface area contributed by atoms with E-state index in [0.717, 1.165) is 0 Å². The summed E-state index contributed by atoms with van der Waals surface area (Å²) in [6.45, 7) is 0. The van der Waals surface area contributed by atoms with Crippen LogP contribution >= 0.6 is 34.8 Å². The standard InChI is InChI=1S/C5H5Cl3/c6-3-1-2-5(8)4-7/h1-2,4H,3H2/b2-1+,5-4-. The van der Waals surface area contributed by atoms with Crippen molar-refractivity contribution in [2.75, 3.05) is 5.88 Å². The van der Waals surface area contributed by atoms with Crippen molar-refractivity contribution in [1.29, 1.82) is 0 Å². The molecule has 0 aromatic heterocycles. The zero-order valence-corrected chi connectivity index (χ0v) is 6.34. The SMILES string of the molecule is Cl/C=C(Cl)/C=C/CCl. The van der Waals surface area contributed by atoms with Gasteiger partial charge in [0.2, 0.25) is 0 Å². The van der Waals surface area contributed by atoms with Crippen molar-refractivity contribution >= 4 is 34.8 Å². The number of rotatable bonds is 2. The van der Waals surface area contributed by atoms with Gasteiger partial charge in [-0.1, -0.05) is 29.3 Å². The van der Waals surface area contributed by atoms with Gasteiger partial charge in [-0.3, -0.25) is 0 Å². The molecule has 0 bridgehead atoms. The van der Waals surface area contributed by atoms with Crippen LogP contribution in [0.15, 0.2) is 22.7 Å². The molecule has 0 radical (unpaired) electrons. The minimum Gasteiger partial charge on any atom is -0.122 e. The molecule has 0 spiro atoms. The van der Waals surface area contributed by atoms with E-state index in [-0.39, 0.29) is 0 Å². The lowest BCUT2D eigenvalue weighted by Crippen LogP contribution is -1.60. The molecule has 0 aliphatic heterocycles. The molecule has 0 aliphatic carbocycles. The van der Waals surface area contributed by atoms with Gasteiger partial charge < -0.3 is 0 Å². The maximum atomic E-state index is 5.43. The highest BCUT2D eigenvalue weighted by Gasteiger charge is 1.77. The molecule has 8 heavy (non-hydrogen) atoms. The Morgan fingerprint density at radius 1 is 1.50 bits per heavy atom. The largest absolute Gasteiger partial charge is 0.122 e. The van der Waals surface area contributed by atoms with Crippen molar-refractivity contribution < 1.29 is 0 Å². The van der Waals surface area contributed by atoms with Gasteiger partial charge >= 0.3 is 0 Å². The number of hydrogen-bond acceptors (Lipinski definition) is 0. The van der Waals surface area contributed by atoms with Gasteiger partial charge in [-0.15, -0.1) is 11.6 Å². The van der Waals surface area contributed by atoms with Gasteiger partial charge in [0.1, 0.15) is 0 Å². The van der Waals surface area contributed by atoms with E-state index in [0.29, 0.717) is 10.9 Å². The molecule has 0 unspecified atom stereocenters. The van der Waals surface area contributed by atoms with Gasteiger partial charge in [0.25, 0.3) is 0 Å². The average Bonchev–Trinajstić information content (AvgIpc) is 1.83. The topological polar surface area (TPSA) is 0 Å². The Labute approximate surface area is 63.7 Å². The van der Waals surface area contributed by atoms with Crippen LogP contribution in [0.4, 0.5) is 0 Å². The van der Waals surface area contributed by atoms with Crippen molar-refractivity contribution in [2.24, 2.45) is 0 Å². The predicted molar refractivity (Wildman–Crippen MR) is 39.6 cm³/mol. The first kappa shape index (κ1) is 8.35. The molecule has 0 saturated carbocycles. The maximum Gasteiger partial charge on any atom is 0.0516 e. The Kier molecular flexibility index (Phi) is 5.73. The van der Waals surface area contributed by atoms with Gasteiger partial charge in [0.15, 0.2) is 0 Å². The fourth-order valence-corrected chi connectivity index (χ4v) is 0.444. The lowest BCUT2D eigenvalue weighted by Gasteiger charge is -1.79. The van der Waals surface area contributed by atoms with Crippen molar-refractivity contribution in [3.8, 4) is 0 Å². The highest BCUT2D eigenvalue weighted by Crippen LogP contribution is 2.03. The van der Waals surface area contributed by atoms with E-state index >= 15 is 0 Å². The first-order valence-electron chi connectivity index (χ1n) is 1.99. The molecule has 0 nitrogen and oxygen atoms in total. The monoisotopic (exact) mass is 170 g/mol. The third kappa shape index (κ3) is 4.51. The Morgan fingerprint density at radius 2 is 2.12 bits per heavy atom. The second kappa shape index (κ2) is 5.49. The normalized spacial score (nSPS) is 13.1. The van der Waals surface area contributed by atoms with Crippen LogP contribution in [0.25, 0.3) is 0 Å². The van der Waals surface area contributed by atoms with Crippen molar-refractivity contribution in [3.63, 3.8) is 0 Å². The lowest BCUT2D eigenvalue weighted by atomic mass is 10.5. The molecule has 0 saturated heterocycles. The van der Waals surface area contributed by atoms with Crippen LogP contribution in [0, 0.1) is 0 Å². The van der Waals surface area contributed by atoms with E-state index in [2.05, 4.69) is 0 Å². The third-order valence-corrected chi connectivity index (χ3v) is 1.23. The first-order chi connectivity index (χ1) is 3.81. The summed E-state index contributed by atoms with van der Waals surface area (Å²) in [5, 5.41) is 0.493. The second-order valence-corrected chi connectivity index (χ2v) is 2.01. The van der Waals surface area contributed by atoms with Gasteiger partial charge in [-0.2, -0.15) is 0 Å². The molecule has 0 aliphatic rings. The molecule has 0 fully saturated rings. The van der Waals surface area contributed by atoms with Gasteiger partial charge in [0.05, 0.1) is 5.03 Å². The quantitative estimate of drug-likeness (QED) is 0.442. The van der Waals surface area contributed by atoms with E-state index in [4.69, 9.17) is 34.8 Å². The van der Waals surface area contributed by atoms with Crippen molar-refractivity contribution in [1.82, 2.24) is 0 Å². The summed E-state index contributed by atoms with van der Waals surface area (Å²) in [6, 6.07) is 0. The smallest absolute Gasteiger partial charge is 0.0516 e. The Morgan fingerprint density at radius 3 is 2.50 bits per heavy atom. The number of allylic oxidation sites excluding steroid dienone is 3. The number of alkyl halides is 1. The summed E-state index contributed by atoms with van der Waals surface area (Å²) in [7, 11) is 0. The van der Waals surface area contributed by atoms with E-state index in [9.17, 15) is 0 Å². The van der Waals surface area contributed by atoms with Gasteiger partial charge in [-0.25, -0.2) is 0 Å². The maximum absolute atomic E-state index is 5.43. The number of halogens is 3. The molecule has 0 aromatic carbocycles. The van der Waals surface area contributed by atoms with Crippen molar-refractivity contribution in [2.45, 2.75) is 0 Å². The van der Waals surface area contributed by atoms with Crippen molar-refractivity contribution in [3.05, 3.63) is 22.7 Å². The van der Waals surface area contributed by atoms with Crippen LogP contribution in [0.5, 0.6) is 0 Å². The summed E-state index contributed by atoms with van der Waals surface area (Å²) in [4.78, 5) is 0. The third-order valence-electron chi connectivity index (χ3n) is 0.470. The molecule has 0 N–H and O–H groups in total. The highest BCUT2D eigenvalue weighted by atomic mass is 35.5. The van der Waals surface area contributed by atoms with Crippen LogP contribution in [0.3, 0.4) is 0 Å². The molecule has 0 rings (SSSR count). The molecular weight excluding hydrogens is 166 g/mol. The fourth-order valence-electron chi connectivity index (χ4n) is 0.193. The summed E-state index contributed by atoms with van der Waals surface area (Å²) in [5.41, 5.74) is 1.28. The average molecular weight is 171 g/mol. The zero-order valence-electron chi connectivity index (χ0n) is 4.07. The van der Waals surface area contributed by atoms with E-state index in [1.54, 1.807) is 12.2 Å². The van der Waals surface area contributed by atoms with Crippen LogP contribution in [-0.4, -0.2) is 5.88 Å². The van der Waals surface area contributed by atoms with Gasteiger partial charge in [0, 0.05) is 11.4 Å². The van der Waals surface area contributed by atoms with E-state index in [1.807, 2.05) is 0 Å². The Bertz CT molecular complexity index is 104. The first-order valence-corrected chi connectivity index (χ1v) is 3.34. The van der Waals surface area contributed by atoms with Crippen LogP contribution < -0.4 is 0 Å². The van der Waals surface area contributed by atoms with Crippen LogP contribution in [-0.2, 0) is 0 Å². The predicted octanol–water partition coefficient (Wildman–Crippen LogP) is 3.10. The Hall–Kier alpha value is 0.350. The van der Waals surface area contributed by atoms with E-state index < -0.39 is 0 Å². The minimum atomic E-state index is 0.459. The van der Waals surface area contributed by atoms with Crippen LogP contribution in [0.1, 0.15) is 0 Å². The summed E-state index contributed by atoms with van der Waals surface area (Å²) < 4.78 is 0. The highest BCUT2D eigenvalue weighted by molar-refractivity contribution is 6.37. The molecule has 0 heterocycles. The Balaban J connectivity index is 3.53. The zero-order chi connectivity index (χ0) is 6.41. The van der Waals surface area contributed by atoms with Gasteiger partial charge in [-0.05, 0) is 6.08 Å². The second-order valence-electron chi connectivity index (χ2n) is 1.05. The minimum absolute atomic E-state index is 0.459. The summed E-state index contributed by atoms with van der Waals surface area (Å²) in [6.07, 6.45) is 3.35. The summed E-state index contributed by atoms with van der Waals surface area (Å²) >= 11 is 15.9. The molecular formula is C5H5Cl3. The molecule has 46 valence electrons.